The normalized spacial score (nSPS) is 11.8. The van der Waals surface area contributed by atoms with Crippen molar-refractivity contribution in [1.82, 2.24) is 13.7 Å². The number of carbonyl (C=O) groups is 1. The smallest absolute Gasteiger partial charge is 0.338 e. The van der Waals surface area contributed by atoms with Gasteiger partial charge in [0.2, 0.25) is 10.0 Å². The number of aromatic nitrogens is 2. The molecule has 0 aliphatic rings. The molecule has 0 radical (unpaired) electrons. The highest BCUT2D eigenvalue weighted by Crippen LogP contribution is 2.16. The monoisotopic (exact) mass is 393 g/mol. The third kappa shape index (κ3) is 3.72. The molecule has 0 aliphatic carbocycles. The van der Waals surface area contributed by atoms with Crippen LogP contribution in [0.5, 0.6) is 0 Å². The Kier molecular flexibility index (Phi) is 4.99. The minimum atomic E-state index is -3.54. The van der Waals surface area contributed by atoms with Gasteiger partial charge < -0.3 is 9.14 Å². The van der Waals surface area contributed by atoms with Crippen molar-refractivity contribution in [3.63, 3.8) is 0 Å². The van der Waals surface area contributed by atoms with Crippen LogP contribution in [0.15, 0.2) is 53.7 Å². The Morgan fingerprint density at radius 1 is 1.15 bits per heavy atom. The number of rotatable bonds is 5. The van der Waals surface area contributed by atoms with Gasteiger partial charge in [-0.2, -0.15) is 0 Å². The highest BCUT2D eigenvalue weighted by Gasteiger charge is 2.18. The summed E-state index contributed by atoms with van der Waals surface area (Å²) in [6.07, 6.45) is 3.43. The SMILES string of the molecule is CN(C)S(=O)(=O)c1ccc(C(=O)OCc2cn3cc(Cl)ccc3n2)cc1. The fourth-order valence-corrected chi connectivity index (χ4v) is 3.35. The number of hydrogen-bond donors (Lipinski definition) is 0. The first-order chi connectivity index (χ1) is 12.3. The summed E-state index contributed by atoms with van der Waals surface area (Å²) in [5, 5.41) is 0.575. The van der Waals surface area contributed by atoms with Crippen molar-refractivity contribution >= 4 is 33.2 Å². The lowest BCUT2D eigenvalue weighted by molar-refractivity contribution is 0.0468. The van der Waals surface area contributed by atoms with E-state index in [2.05, 4.69) is 4.98 Å². The van der Waals surface area contributed by atoms with Gasteiger partial charge in [0.05, 0.1) is 21.2 Å². The molecule has 3 rings (SSSR count). The second-order valence-electron chi connectivity index (χ2n) is 5.73. The minimum absolute atomic E-state index is 0.00409. The molecule has 7 nitrogen and oxygen atoms in total. The van der Waals surface area contributed by atoms with Crippen LogP contribution < -0.4 is 0 Å². The molecule has 2 heterocycles. The summed E-state index contributed by atoms with van der Waals surface area (Å²) in [5.41, 5.74) is 1.53. The summed E-state index contributed by atoms with van der Waals surface area (Å²) in [7, 11) is -0.647. The fourth-order valence-electron chi connectivity index (χ4n) is 2.28. The summed E-state index contributed by atoms with van der Waals surface area (Å²) < 4.78 is 32.1. The number of sulfonamides is 1. The number of hydrogen-bond acceptors (Lipinski definition) is 5. The largest absolute Gasteiger partial charge is 0.456 e. The van der Waals surface area contributed by atoms with Gasteiger partial charge in [-0.3, -0.25) is 0 Å². The lowest BCUT2D eigenvalue weighted by atomic mass is 10.2. The topological polar surface area (TPSA) is 81.0 Å². The zero-order valence-corrected chi connectivity index (χ0v) is 15.7. The van der Waals surface area contributed by atoms with Crippen LogP contribution in [0.2, 0.25) is 5.02 Å². The van der Waals surface area contributed by atoms with Gasteiger partial charge in [0.25, 0.3) is 0 Å². The lowest BCUT2D eigenvalue weighted by Crippen LogP contribution is -2.22. The van der Waals surface area contributed by atoms with Gasteiger partial charge in [-0.1, -0.05) is 11.6 Å². The maximum Gasteiger partial charge on any atom is 0.338 e. The number of esters is 1. The van der Waals surface area contributed by atoms with E-state index in [0.29, 0.717) is 16.4 Å². The molecule has 0 atom stereocenters. The molecule has 26 heavy (non-hydrogen) atoms. The molecule has 3 aromatic rings. The van der Waals surface area contributed by atoms with Gasteiger partial charge in [-0.05, 0) is 36.4 Å². The van der Waals surface area contributed by atoms with Crippen molar-refractivity contribution in [2.75, 3.05) is 14.1 Å². The third-order valence-electron chi connectivity index (χ3n) is 3.68. The van der Waals surface area contributed by atoms with E-state index in [1.54, 1.807) is 28.9 Å². The fraction of sp³-hybridized carbons (Fsp3) is 0.176. The molecule has 0 fully saturated rings. The molecule has 0 bridgehead atoms. The van der Waals surface area contributed by atoms with Crippen molar-refractivity contribution in [3.05, 3.63) is 65.1 Å². The highest BCUT2D eigenvalue weighted by molar-refractivity contribution is 7.89. The predicted molar refractivity (Wildman–Crippen MR) is 96.6 cm³/mol. The van der Waals surface area contributed by atoms with Gasteiger partial charge in [0, 0.05) is 26.5 Å². The summed E-state index contributed by atoms with van der Waals surface area (Å²) in [4.78, 5) is 16.6. The number of fused-ring (bicyclic) bond motifs is 1. The van der Waals surface area contributed by atoms with Crippen molar-refractivity contribution < 1.29 is 17.9 Å². The van der Waals surface area contributed by atoms with Gasteiger partial charge >= 0.3 is 5.97 Å². The lowest BCUT2D eigenvalue weighted by Gasteiger charge is -2.11. The molecule has 2 aromatic heterocycles. The maximum absolute atomic E-state index is 12.1. The molecule has 0 unspecified atom stereocenters. The van der Waals surface area contributed by atoms with Crippen molar-refractivity contribution in [3.8, 4) is 0 Å². The average Bonchev–Trinajstić information content (AvgIpc) is 3.01. The minimum Gasteiger partial charge on any atom is -0.456 e. The number of pyridine rings is 1. The number of imidazole rings is 1. The first-order valence-electron chi connectivity index (χ1n) is 7.60. The first kappa shape index (κ1) is 18.4. The van der Waals surface area contributed by atoms with Crippen LogP contribution in [-0.4, -0.2) is 42.2 Å². The summed E-state index contributed by atoms with van der Waals surface area (Å²) >= 11 is 5.92. The van der Waals surface area contributed by atoms with Gasteiger partial charge in [0.15, 0.2) is 0 Å². The Bertz CT molecular complexity index is 1060. The number of halogens is 1. The third-order valence-corrected chi connectivity index (χ3v) is 5.74. The molecular weight excluding hydrogens is 378 g/mol. The van der Waals surface area contributed by atoms with Gasteiger partial charge in [-0.15, -0.1) is 0 Å². The average molecular weight is 394 g/mol. The molecule has 0 spiro atoms. The van der Waals surface area contributed by atoms with E-state index in [1.165, 1.54) is 38.4 Å². The molecule has 0 saturated heterocycles. The van der Waals surface area contributed by atoms with Crippen LogP contribution >= 0.6 is 11.6 Å². The molecule has 0 N–H and O–H groups in total. The van der Waals surface area contributed by atoms with E-state index in [-0.39, 0.29) is 17.1 Å². The Balaban J connectivity index is 1.69. The second kappa shape index (κ2) is 7.06. The standard InChI is InChI=1S/C17H16ClN3O4S/c1-20(2)26(23,24)15-6-3-12(4-7-15)17(22)25-11-14-10-21-9-13(18)5-8-16(21)19-14/h3-10H,11H2,1-2H3. The molecule has 0 aliphatic heterocycles. The Morgan fingerprint density at radius 3 is 2.50 bits per heavy atom. The number of benzene rings is 1. The molecule has 0 saturated carbocycles. The van der Waals surface area contributed by atoms with Crippen molar-refractivity contribution in [2.45, 2.75) is 11.5 Å². The quantitative estimate of drug-likeness (QED) is 0.622. The van der Waals surface area contributed by atoms with E-state index in [0.717, 1.165) is 4.31 Å². The number of ether oxygens (including phenoxy) is 1. The van der Waals surface area contributed by atoms with E-state index < -0.39 is 16.0 Å². The van der Waals surface area contributed by atoms with Crippen LogP contribution in [0.4, 0.5) is 0 Å². The van der Waals surface area contributed by atoms with Crippen LogP contribution in [0.1, 0.15) is 16.1 Å². The van der Waals surface area contributed by atoms with E-state index >= 15 is 0 Å². The van der Waals surface area contributed by atoms with E-state index in [9.17, 15) is 13.2 Å². The Hall–Kier alpha value is -2.42. The van der Waals surface area contributed by atoms with Crippen molar-refractivity contribution in [2.24, 2.45) is 0 Å². The second-order valence-corrected chi connectivity index (χ2v) is 8.32. The maximum atomic E-state index is 12.1. The van der Waals surface area contributed by atoms with Gasteiger partial charge in [-0.25, -0.2) is 22.5 Å². The molecular formula is C17H16ClN3O4S. The van der Waals surface area contributed by atoms with Crippen LogP contribution in [0.3, 0.4) is 0 Å². The zero-order valence-electron chi connectivity index (χ0n) is 14.1. The highest BCUT2D eigenvalue weighted by atomic mass is 35.5. The van der Waals surface area contributed by atoms with Crippen LogP contribution in [0, 0.1) is 0 Å². The Labute approximate surface area is 155 Å². The molecule has 0 amide bonds. The van der Waals surface area contributed by atoms with E-state index in [4.69, 9.17) is 16.3 Å². The van der Waals surface area contributed by atoms with Gasteiger partial charge in [0.1, 0.15) is 12.3 Å². The summed E-state index contributed by atoms with van der Waals surface area (Å²) in [6, 6.07) is 9.07. The predicted octanol–water partition coefficient (Wildman–Crippen LogP) is 2.60. The molecule has 9 heteroatoms. The summed E-state index contributed by atoms with van der Waals surface area (Å²) in [6.45, 7) is -0.00409. The van der Waals surface area contributed by atoms with E-state index in [1.807, 2.05) is 0 Å². The Morgan fingerprint density at radius 2 is 1.85 bits per heavy atom. The first-order valence-corrected chi connectivity index (χ1v) is 9.42. The van der Waals surface area contributed by atoms with Crippen molar-refractivity contribution in [1.29, 1.82) is 0 Å². The van der Waals surface area contributed by atoms with Crippen LogP contribution in [-0.2, 0) is 21.4 Å². The molecule has 1 aromatic carbocycles. The number of carbonyl (C=O) groups excluding carboxylic acids is 1. The van der Waals surface area contributed by atoms with Crippen LogP contribution in [0.25, 0.3) is 5.65 Å². The number of nitrogens with zero attached hydrogens (tertiary/aromatic N) is 3. The molecule has 136 valence electrons. The zero-order chi connectivity index (χ0) is 18.9. The summed E-state index contributed by atoms with van der Waals surface area (Å²) in [5.74, 6) is -0.561.